The number of nitrogens with zero attached hydrogens (tertiary/aromatic N) is 4. The first-order chi connectivity index (χ1) is 10.8. The minimum absolute atomic E-state index is 0. The van der Waals surface area contributed by atoms with Gasteiger partial charge in [0.05, 0.1) is 13.2 Å². The number of nitrogens with one attached hydrogen (secondary N) is 2. The van der Waals surface area contributed by atoms with Crippen LogP contribution in [0.15, 0.2) is 9.52 Å². The van der Waals surface area contributed by atoms with Gasteiger partial charge >= 0.3 is 0 Å². The molecule has 132 valence electrons. The van der Waals surface area contributed by atoms with Crippen molar-refractivity contribution in [3.05, 3.63) is 11.7 Å². The third-order valence-electron chi connectivity index (χ3n) is 3.34. The van der Waals surface area contributed by atoms with Crippen molar-refractivity contribution in [1.82, 2.24) is 25.7 Å². The van der Waals surface area contributed by atoms with E-state index in [-0.39, 0.29) is 24.0 Å². The van der Waals surface area contributed by atoms with Crippen molar-refractivity contribution < 1.29 is 9.26 Å². The molecular weight excluding hydrogens is 411 g/mol. The molecule has 0 atom stereocenters. The molecule has 0 spiro atoms. The van der Waals surface area contributed by atoms with Crippen LogP contribution < -0.4 is 10.6 Å². The largest absolute Gasteiger partial charge is 0.379 e. The van der Waals surface area contributed by atoms with Crippen molar-refractivity contribution in [2.24, 2.45) is 4.99 Å². The van der Waals surface area contributed by atoms with Crippen LogP contribution in [0.1, 0.15) is 25.1 Å². The molecule has 1 fully saturated rings. The molecule has 0 saturated carbocycles. The van der Waals surface area contributed by atoms with Gasteiger partial charge in [-0.2, -0.15) is 4.98 Å². The van der Waals surface area contributed by atoms with Crippen LogP contribution in [0.3, 0.4) is 0 Å². The number of guanidine groups is 1. The average molecular weight is 438 g/mol. The SMILES string of the molecule is CCNC(=NCc1noc(C)n1)NCCCN1CCOCC1.I. The Bertz CT molecular complexity index is 462. The van der Waals surface area contributed by atoms with E-state index in [1.54, 1.807) is 6.92 Å². The summed E-state index contributed by atoms with van der Waals surface area (Å²) >= 11 is 0. The highest BCUT2D eigenvalue weighted by molar-refractivity contribution is 14.0. The van der Waals surface area contributed by atoms with E-state index in [1.807, 2.05) is 6.92 Å². The van der Waals surface area contributed by atoms with Gasteiger partial charge in [-0.25, -0.2) is 4.99 Å². The summed E-state index contributed by atoms with van der Waals surface area (Å²) in [6, 6.07) is 0. The molecule has 1 aliphatic heterocycles. The molecule has 0 bridgehead atoms. The van der Waals surface area contributed by atoms with Crippen LogP contribution in [0.25, 0.3) is 0 Å². The summed E-state index contributed by atoms with van der Waals surface area (Å²) in [5.41, 5.74) is 0. The quantitative estimate of drug-likeness (QED) is 0.282. The molecule has 9 heteroatoms. The van der Waals surface area contributed by atoms with Crippen LogP contribution in [0.2, 0.25) is 0 Å². The standard InChI is InChI=1S/C14H26N6O2.HI/c1-3-15-14(17-11-13-18-12(2)22-19-13)16-5-4-6-20-7-9-21-10-8-20;/h3-11H2,1-2H3,(H2,15,16,17);1H. The molecule has 0 amide bonds. The number of halogens is 1. The average Bonchev–Trinajstić information content (AvgIpc) is 2.95. The molecule has 1 aromatic heterocycles. The van der Waals surface area contributed by atoms with E-state index in [2.05, 4.69) is 30.7 Å². The molecule has 1 aliphatic rings. The van der Waals surface area contributed by atoms with Gasteiger partial charge in [0.15, 0.2) is 11.8 Å². The predicted octanol–water partition coefficient (Wildman–Crippen LogP) is 0.773. The highest BCUT2D eigenvalue weighted by atomic mass is 127. The number of ether oxygens (including phenoxy) is 1. The van der Waals surface area contributed by atoms with Gasteiger partial charge in [-0.15, -0.1) is 24.0 Å². The van der Waals surface area contributed by atoms with E-state index in [0.29, 0.717) is 18.3 Å². The summed E-state index contributed by atoms with van der Waals surface area (Å²) < 4.78 is 10.3. The lowest BCUT2D eigenvalue weighted by Gasteiger charge is -2.26. The fourth-order valence-electron chi connectivity index (χ4n) is 2.23. The Morgan fingerprint density at radius 2 is 2.09 bits per heavy atom. The van der Waals surface area contributed by atoms with Crippen LogP contribution in [0.5, 0.6) is 0 Å². The second kappa shape index (κ2) is 11.6. The van der Waals surface area contributed by atoms with Crippen molar-refractivity contribution in [1.29, 1.82) is 0 Å². The lowest BCUT2D eigenvalue weighted by Crippen LogP contribution is -2.40. The van der Waals surface area contributed by atoms with Crippen LogP contribution in [-0.2, 0) is 11.3 Å². The minimum Gasteiger partial charge on any atom is -0.379 e. The van der Waals surface area contributed by atoms with Gasteiger partial charge in [0.2, 0.25) is 5.89 Å². The second-order valence-corrected chi connectivity index (χ2v) is 5.16. The first-order valence-corrected chi connectivity index (χ1v) is 7.89. The number of hydrogen-bond donors (Lipinski definition) is 2. The Morgan fingerprint density at radius 1 is 1.30 bits per heavy atom. The van der Waals surface area contributed by atoms with Gasteiger partial charge in [0, 0.05) is 33.1 Å². The van der Waals surface area contributed by atoms with E-state index in [9.17, 15) is 0 Å². The van der Waals surface area contributed by atoms with E-state index >= 15 is 0 Å². The third-order valence-corrected chi connectivity index (χ3v) is 3.34. The summed E-state index contributed by atoms with van der Waals surface area (Å²) in [6.45, 7) is 10.8. The summed E-state index contributed by atoms with van der Waals surface area (Å²) in [7, 11) is 0. The maximum absolute atomic E-state index is 5.35. The Kier molecular flexibility index (Phi) is 10.1. The Balaban J connectivity index is 0.00000264. The maximum Gasteiger partial charge on any atom is 0.223 e. The summed E-state index contributed by atoms with van der Waals surface area (Å²) in [5, 5.41) is 10.4. The van der Waals surface area contributed by atoms with Gasteiger partial charge in [-0.05, 0) is 19.9 Å². The van der Waals surface area contributed by atoms with Crippen molar-refractivity contribution in [3.8, 4) is 0 Å². The number of morpholine rings is 1. The molecule has 0 radical (unpaired) electrons. The summed E-state index contributed by atoms with van der Waals surface area (Å²) in [5.74, 6) is 1.95. The highest BCUT2D eigenvalue weighted by Gasteiger charge is 2.09. The summed E-state index contributed by atoms with van der Waals surface area (Å²) in [4.78, 5) is 11.0. The number of hydrogen-bond acceptors (Lipinski definition) is 6. The zero-order chi connectivity index (χ0) is 15.6. The summed E-state index contributed by atoms with van der Waals surface area (Å²) in [6.07, 6.45) is 1.08. The molecule has 0 unspecified atom stereocenters. The Hall–Kier alpha value is -0.940. The van der Waals surface area contributed by atoms with Crippen LogP contribution >= 0.6 is 24.0 Å². The molecule has 2 N–H and O–H groups in total. The van der Waals surface area contributed by atoms with Crippen molar-refractivity contribution in [2.75, 3.05) is 45.9 Å². The Morgan fingerprint density at radius 3 is 2.74 bits per heavy atom. The molecule has 0 aliphatic carbocycles. The lowest BCUT2D eigenvalue weighted by atomic mass is 10.3. The highest BCUT2D eigenvalue weighted by Crippen LogP contribution is 1.98. The number of aliphatic imine (C=N–C) groups is 1. The zero-order valence-electron chi connectivity index (χ0n) is 13.9. The number of rotatable bonds is 7. The molecule has 2 rings (SSSR count). The first kappa shape index (κ1) is 20.1. The molecule has 1 saturated heterocycles. The van der Waals surface area contributed by atoms with Gasteiger partial charge in [-0.3, -0.25) is 4.90 Å². The normalized spacial score (nSPS) is 16.0. The van der Waals surface area contributed by atoms with Gasteiger partial charge < -0.3 is 19.9 Å². The molecule has 0 aromatic carbocycles. The maximum atomic E-state index is 5.35. The van der Waals surface area contributed by atoms with E-state index in [4.69, 9.17) is 9.26 Å². The van der Waals surface area contributed by atoms with E-state index in [1.165, 1.54) is 0 Å². The molecule has 8 nitrogen and oxygen atoms in total. The van der Waals surface area contributed by atoms with E-state index in [0.717, 1.165) is 58.3 Å². The smallest absolute Gasteiger partial charge is 0.223 e. The fraction of sp³-hybridized carbons (Fsp3) is 0.786. The van der Waals surface area contributed by atoms with Crippen molar-refractivity contribution in [3.63, 3.8) is 0 Å². The number of aromatic nitrogens is 2. The van der Waals surface area contributed by atoms with Gasteiger partial charge in [0.25, 0.3) is 0 Å². The topological polar surface area (TPSA) is 87.8 Å². The number of aryl methyl sites for hydroxylation is 1. The lowest BCUT2D eigenvalue weighted by molar-refractivity contribution is 0.0376. The monoisotopic (exact) mass is 438 g/mol. The second-order valence-electron chi connectivity index (χ2n) is 5.16. The molecule has 1 aromatic rings. The minimum atomic E-state index is 0. The van der Waals surface area contributed by atoms with Gasteiger partial charge in [0.1, 0.15) is 6.54 Å². The molecular formula is C14H27IN6O2. The first-order valence-electron chi connectivity index (χ1n) is 7.89. The van der Waals surface area contributed by atoms with Gasteiger partial charge in [-0.1, -0.05) is 5.16 Å². The van der Waals surface area contributed by atoms with Crippen molar-refractivity contribution in [2.45, 2.75) is 26.8 Å². The third kappa shape index (κ3) is 7.93. The Labute approximate surface area is 154 Å². The van der Waals surface area contributed by atoms with Crippen LogP contribution in [-0.4, -0.2) is 66.9 Å². The van der Waals surface area contributed by atoms with Crippen LogP contribution in [0.4, 0.5) is 0 Å². The fourth-order valence-corrected chi connectivity index (χ4v) is 2.23. The van der Waals surface area contributed by atoms with Crippen molar-refractivity contribution >= 4 is 29.9 Å². The molecule has 23 heavy (non-hydrogen) atoms. The predicted molar refractivity (Wildman–Crippen MR) is 99.1 cm³/mol. The van der Waals surface area contributed by atoms with E-state index < -0.39 is 0 Å². The zero-order valence-corrected chi connectivity index (χ0v) is 16.2. The van der Waals surface area contributed by atoms with Crippen LogP contribution in [0, 0.1) is 6.92 Å². The molecule has 2 heterocycles.